The van der Waals surface area contributed by atoms with Crippen LogP contribution in [0.1, 0.15) is 11.1 Å². The lowest BCUT2D eigenvalue weighted by Crippen LogP contribution is -2.05. The van der Waals surface area contributed by atoms with E-state index < -0.39 is 11.7 Å². The van der Waals surface area contributed by atoms with Crippen molar-refractivity contribution in [3.63, 3.8) is 0 Å². The minimum atomic E-state index is -4.38. The highest BCUT2D eigenvalue weighted by molar-refractivity contribution is 5.73. The van der Waals surface area contributed by atoms with Crippen LogP contribution >= 0.6 is 0 Å². The third-order valence-electron chi connectivity index (χ3n) is 3.48. The van der Waals surface area contributed by atoms with E-state index in [0.717, 1.165) is 17.7 Å². The third-order valence-corrected chi connectivity index (χ3v) is 3.48. The van der Waals surface area contributed by atoms with E-state index in [4.69, 9.17) is 6.57 Å². The normalized spacial score (nSPS) is 11.6. The van der Waals surface area contributed by atoms with E-state index in [9.17, 15) is 13.2 Å². The van der Waals surface area contributed by atoms with Crippen molar-refractivity contribution in [1.82, 2.24) is 9.61 Å². The zero-order valence-electron chi connectivity index (χ0n) is 11.5. The van der Waals surface area contributed by atoms with Gasteiger partial charge in [-0.25, -0.2) is 9.36 Å². The summed E-state index contributed by atoms with van der Waals surface area (Å²) >= 11 is 0. The maximum Gasteiger partial charge on any atom is 0.416 e. The highest BCUT2D eigenvalue weighted by Crippen LogP contribution is 2.32. The zero-order chi connectivity index (χ0) is 15.9. The molecule has 1 aromatic carbocycles. The van der Waals surface area contributed by atoms with Crippen LogP contribution in [-0.4, -0.2) is 9.61 Å². The summed E-state index contributed by atoms with van der Waals surface area (Å²) in [6, 6.07) is 8.91. The zero-order valence-corrected chi connectivity index (χ0v) is 11.5. The Bertz CT molecular complexity index is 884. The fourth-order valence-electron chi connectivity index (χ4n) is 2.31. The summed E-state index contributed by atoms with van der Waals surface area (Å²) in [6.45, 7) is 8.67. The molecule has 2 heterocycles. The summed E-state index contributed by atoms with van der Waals surface area (Å²) in [6.07, 6.45) is -3.07. The predicted octanol–water partition coefficient (Wildman–Crippen LogP) is 4.88. The van der Waals surface area contributed by atoms with Gasteiger partial charge in [0.05, 0.1) is 23.3 Å². The van der Waals surface area contributed by atoms with Gasteiger partial charge >= 0.3 is 6.18 Å². The van der Waals surface area contributed by atoms with Crippen LogP contribution in [-0.2, 0) is 6.18 Å². The summed E-state index contributed by atoms with van der Waals surface area (Å²) in [5, 5.41) is 4.33. The Morgan fingerprint density at radius 1 is 1.14 bits per heavy atom. The van der Waals surface area contributed by atoms with Gasteiger partial charge in [0, 0.05) is 11.8 Å². The molecular formula is C16H10F3N3. The van der Waals surface area contributed by atoms with Crippen molar-refractivity contribution in [2.45, 2.75) is 13.1 Å². The van der Waals surface area contributed by atoms with Gasteiger partial charge in [-0.05, 0) is 24.6 Å². The molecule has 2 aromatic heterocycles. The molecule has 3 rings (SSSR count). The molecule has 0 spiro atoms. The molecule has 110 valence electrons. The maximum absolute atomic E-state index is 12.8. The number of rotatable bonds is 1. The molecule has 0 saturated heterocycles. The van der Waals surface area contributed by atoms with Crippen LogP contribution in [0.5, 0.6) is 0 Å². The van der Waals surface area contributed by atoms with Gasteiger partial charge in [-0.3, -0.25) is 0 Å². The van der Waals surface area contributed by atoms with E-state index in [2.05, 4.69) is 9.94 Å². The standard InChI is InChI=1S/C16H10F3N3/c1-10-14-9-12(16(17,18)19)7-8-22(14)21-15(10)11-3-5-13(20-2)6-4-11/h3-9H,1H3. The average molecular weight is 301 g/mol. The summed E-state index contributed by atoms with van der Waals surface area (Å²) in [5.74, 6) is 0. The first kappa shape index (κ1) is 14.1. The number of alkyl halides is 3. The number of pyridine rings is 1. The largest absolute Gasteiger partial charge is 0.416 e. The van der Waals surface area contributed by atoms with Crippen molar-refractivity contribution in [3.05, 3.63) is 65.1 Å². The molecule has 0 aliphatic carbocycles. The van der Waals surface area contributed by atoms with Crippen molar-refractivity contribution in [1.29, 1.82) is 0 Å². The van der Waals surface area contributed by atoms with Crippen LogP contribution in [0.2, 0.25) is 0 Å². The first-order valence-corrected chi connectivity index (χ1v) is 6.44. The Balaban J connectivity index is 2.15. The van der Waals surface area contributed by atoms with Gasteiger partial charge in [0.15, 0.2) is 5.69 Å². The fraction of sp³-hybridized carbons (Fsp3) is 0.125. The highest BCUT2D eigenvalue weighted by Gasteiger charge is 2.31. The Kier molecular flexibility index (Phi) is 3.14. The Hall–Kier alpha value is -2.81. The van der Waals surface area contributed by atoms with Gasteiger partial charge in [-0.2, -0.15) is 18.3 Å². The summed E-state index contributed by atoms with van der Waals surface area (Å²) in [5.41, 5.74) is 2.26. The van der Waals surface area contributed by atoms with Gasteiger partial charge in [-0.15, -0.1) is 0 Å². The molecule has 0 amide bonds. The summed E-state index contributed by atoms with van der Waals surface area (Å²) in [4.78, 5) is 3.31. The lowest BCUT2D eigenvalue weighted by molar-refractivity contribution is -0.137. The maximum atomic E-state index is 12.8. The SMILES string of the molecule is [C-]#[N+]c1ccc(-c2nn3ccc(C(F)(F)F)cc3c2C)cc1. The van der Waals surface area contributed by atoms with E-state index in [0.29, 0.717) is 22.5 Å². The van der Waals surface area contributed by atoms with E-state index in [1.165, 1.54) is 10.7 Å². The van der Waals surface area contributed by atoms with Crippen molar-refractivity contribution in [2.24, 2.45) is 0 Å². The molecule has 3 aromatic rings. The van der Waals surface area contributed by atoms with Crippen LogP contribution in [0.3, 0.4) is 0 Å². The predicted molar refractivity (Wildman–Crippen MR) is 76.6 cm³/mol. The minimum absolute atomic E-state index is 0.416. The second-order valence-electron chi connectivity index (χ2n) is 4.88. The number of aromatic nitrogens is 2. The number of nitrogens with zero attached hydrogens (tertiary/aromatic N) is 3. The van der Waals surface area contributed by atoms with Gasteiger partial charge in [0.2, 0.25) is 0 Å². The Morgan fingerprint density at radius 2 is 1.82 bits per heavy atom. The molecule has 0 atom stereocenters. The van der Waals surface area contributed by atoms with Gasteiger partial charge in [0.1, 0.15) is 0 Å². The molecule has 0 N–H and O–H groups in total. The highest BCUT2D eigenvalue weighted by atomic mass is 19.4. The number of aryl methyl sites for hydroxylation is 1. The summed E-state index contributed by atoms with van der Waals surface area (Å²) in [7, 11) is 0. The van der Waals surface area contributed by atoms with Crippen molar-refractivity contribution in [2.75, 3.05) is 0 Å². The Labute approximate surface area is 124 Å². The Morgan fingerprint density at radius 3 is 2.41 bits per heavy atom. The molecule has 6 heteroatoms. The van der Waals surface area contributed by atoms with Gasteiger partial charge in [0.25, 0.3) is 0 Å². The van der Waals surface area contributed by atoms with Crippen LogP contribution in [0.15, 0.2) is 42.6 Å². The molecule has 22 heavy (non-hydrogen) atoms. The van der Waals surface area contributed by atoms with E-state index in [1.807, 2.05) is 0 Å². The second kappa shape index (κ2) is 4.88. The van der Waals surface area contributed by atoms with Gasteiger partial charge < -0.3 is 0 Å². The quantitative estimate of drug-likeness (QED) is 0.587. The minimum Gasteiger partial charge on any atom is -0.240 e. The molecule has 0 radical (unpaired) electrons. The first-order valence-electron chi connectivity index (χ1n) is 6.44. The van der Waals surface area contributed by atoms with Crippen molar-refractivity contribution < 1.29 is 13.2 Å². The van der Waals surface area contributed by atoms with Crippen LogP contribution < -0.4 is 0 Å². The fourth-order valence-corrected chi connectivity index (χ4v) is 2.31. The summed E-state index contributed by atoms with van der Waals surface area (Å²) < 4.78 is 39.8. The number of fused-ring (bicyclic) bond motifs is 1. The molecule has 0 aliphatic rings. The van der Waals surface area contributed by atoms with Crippen LogP contribution in [0.4, 0.5) is 18.9 Å². The number of benzene rings is 1. The molecule has 3 nitrogen and oxygen atoms in total. The molecule has 0 fully saturated rings. The van der Waals surface area contributed by atoms with Crippen LogP contribution in [0.25, 0.3) is 21.6 Å². The molecule has 0 unspecified atom stereocenters. The third kappa shape index (κ3) is 2.31. The van der Waals surface area contributed by atoms with Crippen molar-refractivity contribution >= 4 is 11.2 Å². The lowest BCUT2D eigenvalue weighted by atomic mass is 10.1. The smallest absolute Gasteiger partial charge is 0.240 e. The topological polar surface area (TPSA) is 21.7 Å². The number of hydrogen-bond acceptors (Lipinski definition) is 1. The average Bonchev–Trinajstić information content (AvgIpc) is 2.83. The van der Waals surface area contributed by atoms with E-state index in [1.54, 1.807) is 31.2 Å². The molecule has 0 bridgehead atoms. The molecule has 0 saturated carbocycles. The van der Waals surface area contributed by atoms with Crippen LogP contribution in [0, 0.1) is 13.5 Å². The van der Waals surface area contributed by atoms with E-state index >= 15 is 0 Å². The van der Waals surface area contributed by atoms with E-state index in [-0.39, 0.29) is 0 Å². The van der Waals surface area contributed by atoms with Crippen molar-refractivity contribution in [3.8, 4) is 11.3 Å². The monoisotopic (exact) mass is 301 g/mol. The first-order chi connectivity index (χ1) is 10.4. The lowest BCUT2D eigenvalue weighted by Gasteiger charge is -2.06. The molecule has 0 aliphatic heterocycles. The molecular weight excluding hydrogens is 291 g/mol. The number of halogens is 3. The second-order valence-corrected chi connectivity index (χ2v) is 4.88. The van der Waals surface area contributed by atoms with Gasteiger partial charge in [-0.1, -0.05) is 24.3 Å². The number of hydrogen-bond donors (Lipinski definition) is 0.